The minimum atomic E-state index is -0.381. The molecule has 0 amide bonds. The molecular formula is C26H28N2O3. The van der Waals surface area contributed by atoms with Crippen LogP contribution in [0.15, 0.2) is 66.7 Å². The zero-order valence-corrected chi connectivity index (χ0v) is 17.9. The van der Waals surface area contributed by atoms with E-state index in [9.17, 15) is 4.79 Å². The lowest BCUT2D eigenvalue weighted by molar-refractivity contribution is -0.134. The van der Waals surface area contributed by atoms with Gasteiger partial charge in [0, 0.05) is 17.7 Å². The van der Waals surface area contributed by atoms with Gasteiger partial charge in [-0.1, -0.05) is 49.6 Å². The molecule has 31 heavy (non-hydrogen) atoms. The summed E-state index contributed by atoms with van der Waals surface area (Å²) in [6.45, 7) is 0.539. The first-order valence-electron chi connectivity index (χ1n) is 10.9. The lowest BCUT2D eigenvalue weighted by atomic mass is 9.86. The van der Waals surface area contributed by atoms with Crippen LogP contribution in [0.4, 0.5) is 0 Å². The van der Waals surface area contributed by atoms with Crippen molar-refractivity contribution in [3.8, 4) is 11.4 Å². The van der Waals surface area contributed by atoms with Crippen molar-refractivity contribution in [3.05, 3.63) is 83.7 Å². The average molecular weight is 417 g/mol. The summed E-state index contributed by atoms with van der Waals surface area (Å²) in [5.41, 5.74) is 4.09. The van der Waals surface area contributed by atoms with Crippen molar-refractivity contribution in [3.63, 3.8) is 0 Å². The van der Waals surface area contributed by atoms with Crippen molar-refractivity contribution in [2.45, 2.75) is 44.6 Å². The Morgan fingerprint density at radius 1 is 1.06 bits per heavy atom. The van der Waals surface area contributed by atoms with Crippen LogP contribution in [0.5, 0.6) is 5.75 Å². The number of ether oxygens (including phenoxy) is 2. The number of rotatable bonds is 7. The van der Waals surface area contributed by atoms with E-state index < -0.39 is 0 Å². The average Bonchev–Trinajstić information content (AvgIpc) is 3.27. The van der Waals surface area contributed by atoms with Gasteiger partial charge in [0.05, 0.1) is 18.5 Å². The third kappa shape index (κ3) is 5.43. The highest BCUT2D eigenvalue weighted by molar-refractivity contribution is 5.86. The number of benzene rings is 2. The smallest absolute Gasteiger partial charge is 0.330 e. The van der Waals surface area contributed by atoms with Gasteiger partial charge in [-0.25, -0.2) is 9.48 Å². The molecule has 160 valence electrons. The number of carbonyl (C=O) groups excluding carboxylic acids is 1. The molecule has 5 nitrogen and oxygen atoms in total. The van der Waals surface area contributed by atoms with Gasteiger partial charge in [0.15, 0.2) is 0 Å². The van der Waals surface area contributed by atoms with Crippen molar-refractivity contribution < 1.29 is 14.3 Å². The molecule has 1 saturated carbocycles. The van der Waals surface area contributed by atoms with Gasteiger partial charge in [0.2, 0.25) is 0 Å². The van der Waals surface area contributed by atoms with E-state index in [0.717, 1.165) is 22.7 Å². The zero-order chi connectivity index (χ0) is 21.5. The Kier molecular flexibility index (Phi) is 6.82. The Morgan fingerprint density at radius 2 is 1.81 bits per heavy atom. The fourth-order valence-corrected chi connectivity index (χ4v) is 4.04. The summed E-state index contributed by atoms with van der Waals surface area (Å²) in [6, 6.07) is 20.3. The van der Waals surface area contributed by atoms with Crippen LogP contribution in [0.1, 0.15) is 55.0 Å². The van der Waals surface area contributed by atoms with Gasteiger partial charge in [0.25, 0.3) is 0 Å². The summed E-state index contributed by atoms with van der Waals surface area (Å²) in [4.78, 5) is 11.5. The molecule has 0 radical (unpaired) electrons. The molecular weight excluding hydrogens is 388 g/mol. The summed E-state index contributed by atoms with van der Waals surface area (Å²) in [5, 5.41) is 4.77. The molecule has 1 heterocycles. The Labute approximate surface area is 183 Å². The topological polar surface area (TPSA) is 53.4 Å². The highest BCUT2D eigenvalue weighted by atomic mass is 16.5. The van der Waals surface area contributed by atoms with Crippen molar-refractivity contribution in [1.29, 1.82) is 0 Å². The molecule has 1 aromatic heterocycles. The summed E-state index contributed by atoms with van der Waals surface area (Å²) >= 11 is 0. The monoisotopic (exact) mass is 416 g/mol. The first-order chi connectivity index (χ1) is 15.2. The second-order valence-corrected chi connectivity index (χ2v) is 7.87. The van der Waals surface area contributed by atoms with Crippen LogP contribution in [-0.4, -0.2) is 22.9 Å². The fourth-order valence-electron chi connectivity index (χ4n) is 4.04. The van der Waals surface area contributed by atoms with E-state index in [2.05, 4.69) is 18.2 Å². The predicted molar refractivity (Wildman–Crippen MR) is 121 cm³/mol. The number of aromatic nitrogens is 2. The van der Waals surface area contributed by atoms with E-state index in [1.54, 1.807) is 6.08 Å². The Balaban J connectivity index is 1.55. The SMILES string of the molecule is COC(=O)/C=C/c1cc(C2CCCCC2)n(-c2ccc(OCc3ccccc3)cc2)n1. The summed E-state index contributed by atoms with van der Waals surface area (Å²) in [6.07, 6.45) is 9.26. The molecule has 0 bridgehead atoms. The van der Waals surface area contributed by atoms with Crippen LogP contribution in [-0.2, 0) is 16.1 Å². The summed E-state index contributed by atoms with van der Waals surface area (Å²) in [5.74, 6) is 0.925. The second-order valence-electron chi connectivity index (χ2n) is 7.87. The number of hydrogen-bond donors (Lipinski definition) is 0. The summed E-state index contributed by atoms with van der Waals surface area (Å²) < 4.78 is 12.6. The van der Waals surface area contributed by atoms with E-state index in [1.165, 1.54) is 51.0 Å². The van der Waals surface area contributed by atoms with Crippen LogP contribution < -0.4 is 4.74 Å². The number of esters is 1. The molecule has 0 atom stereocenters. The molecule has 1 aliphatic rings. The predicted octanol–water partition coefficient (Wildman–Crippen LogP) is 5.69. The van der Waals surface area contributed by atoms with Crippen molar-refractivity contribution in [2.24, 2.45) is 0 Å². The number of nitrogens with zero attached hydrogens (tertiary/aromatic N) is 2. The van der Waals surface area contributed by atoms with Crippen molar-refractivity contribution in [1.82, 2.24) is 9.78 Å². The molecule has 3 aromatic rings. The van der Waals surface area contributed by atoms with E-state index in [1.807, 2.05) is 47.1 Å². The van der Waals surface area contributed by atoms with Gasteiger partial charge in [-0.2, -0.15) is 5.10 Å². The Morgan fingerprint density at radius 3 is 2.52 bits per heavy atom. The third-order valence-corrected chi connectivity index (χ3v) is 5.70. The van der Waals surface area contributed by atoms with Crippen LogP contribution in [0, 0.1) is 0 Å². The molecule has 2 aromatic carbocycles. The largest absolute Gasteiger partial charge is 0.489 e. The van der Waals surface area contributed by atoms with Crippen molar-refractivity contribution in [2.75, 3.05) is 7.11 Å². The maximum absolute atomic E-state index is 11.5. The lowest BCUT2D eigenvalue weighted by Crippen LogP contribution is -2.10. The normalized spacial score (nSPS) is 14.6. The van der Waals surface area contributed by atoms with Crippen molar-refractivity contribution >= 4 is 12.0 Å². The van der Waals surface area contributed by atoms with Gasteiger partial charge < -0.3 is 9.47 Å². The van der Waals surface area contributed by atoms with Gasteiger partial charge in [0.1, 0.15) is 12.4 Å². The zero-order valence-electron chi connectivity index (χ0n) is 17.9. The molecule has 5 heteroatoms. The third-order valence-electron chi connectivity index (χ3n) is 5.70. The van der Waals surface area contributed by atoms with Gasteiger partial charge in [-0.3, -0.25) is 0 Å². The molecule has 0 spiro atoms. The fraction of sp³-hybridized carbons (Fsp3) is 0.308. The molecule has 0 N–H and O–H groups in total. The van der Waals surface area contributed by atoms with Crippen LogP contribution >= 0.6 is 0 Å². The standard InChI is InChI=1S/C26H28N2O3/c1-30-26(29)17-12-22-18-25(21-10-6-3-7-11-21)28(27-22)23-13-15-24(16-14-23)31-19-20-8-4-2-5-9-20/h2,4-5,8-9,12-18,21H,3,6-7,10-11,19H2,1H3/b17-12+. The lowest BCUT2D eigenvalue weighted by Gasteiger charge is -2.22. The first kappa shape index (κ1) is 20.9. The van der Waals surface area contributed by atoms with Crippen LogP contribution in [0.25, 0.3) is 11.8 Å². The molecule has 1 aliphatic carbocycles. The molecule has 0 aliphatic heterocycles. The van der Waals surface area contributed by atoms with Gasteiger partial charge in [-0.15, -0.1) is 0 Å². The van der Waals surface area contributed by atoms with Crippen LogP contribution in [0.2, 0.25) is 0 Å². The van der Waals surface area contributed by atoms with E-state index >= 15 is 0 Å². The molecule has 0 unspecified atom stereocenters. The second kappa shape index (κ2) is 10.1. The molecule has 4 rings (SSSR count). The summed E-state index contributed by atoms with van der Waals surface area (Å²) in [7, 11) is 1.38. The Bertz CT molecular complexity index is 1020. The van der Waals surface area contributed by atoms with Gasteiger partial charge in [-0.05, 0) is 54.8 Å². The van der Waals surface area contributed by atoms with E-state index in [-0.39, 0.29) is 5.97 Å². The first-order valence-corrected chi connectivity index (χ1v) is 10.9. The number of methoxy groups -OCH3 is 1. The maximum Gasteiger partial charge on any atom is 0.330 e. The number of carbonyl (C=O) groups is 1. The minimum Gasteiger partial charge on any atom is -0.489 e. The van der Waals surface area contributed by atoms with Gasteiger partial charge >= 0.3 is 5.97 Å². The minimum absolute atomic E-state index is 0.381. The Hall–Kier alpha value is -3.34. The van der Waals surface area contributed by atoms with E-state index in [4.69, 9.17) is 14.6 Å². The highest BCUT2D eigenvalue weighted by Crippen LogP contribution is 2.34. The van der Waals surface area contributed by atoms with E-state index in [0.29, 0.717) is 12.5 Å². The highest BCUT2D eigenvalue weighted by Gasteiger charge is 2.21. The quantitative estimate of drug-likeness (QED) is 0.367. The van der Waals surface area contributed by atoms with Crippen LogP contribution in [0.3, 0.4) is 0 Å². The molecule has 0 saturated heterocycles. The maximum atomic E-state index is 11.5. The molecule has 1 fully saturated rings. The number of hydrogen-bond acceptors (Lipinski definition) is 4.